The Labute approximate surface area is 148 Å². The molecule has 5 nitrogen and oxygen atoms in total. The molecular weight excluding hydrogens is 338 g/mol. The van der Waals surface area contributed by atoms with E-state index in [1.54, 1.807) is 35.2 Å². The summed E-state index contributed by atoms with van der Waals surface area (Å²) in [4.78, 5) is 21.3. The van der Waals surface area contributed by atoms with Crippen LogP contribution in [0.15, 0.2) is 58.0 Å². The number of aryl methyl sites for hydroxylation is 2. The number of hydrogen-bond acceptors (Lipinski definition) is 4. The first-order chi connectivity index (χ1) is 12.0. The van der Waals surface area contributed by atoms with E-state index in [0.29, 0.717) is 27.4 Å². The van der Waals surface area contributed by atoms with Crippen molar-refractivity contribution in [3.05, 3.63) is 75.4 Å². The minimum Gasteiger partial charge on any atom is -0.401 e. The van der Waals surface area contributed by atoms with Gasteiger partial charge in [0, 0.05) is 12.4 Å². The summed E-state index contributed by atoms with van der Waals surface area (Å²) in [7, 11) is 0. The summed E-state index contributed by atoms with van der Waals surface area (Å²) in [6, 6.07) is 10.9. The van der Waals surface area contributed by atoms with Crippen molar-refractivity contribution in [2.45, 2.75) is 13.8 Å². The number of fused-ring (bicyclic) bond motifs is 1. The standard InChI is InChI=1S/C19H14ClN3O2/c1-11-9-12(2)16-13(10-11)19(24)25-18(22-16)15-6-4-8-23(15)17-14(20)5-3-7-21-17/h3-10H,1-2H3. The molecule has 0 aliphatic carbocycles. The lowest BCUT2D eigenvalue weighted by atomic mass is 10.1. The maximum absolute atomic E-state index is 12.5. The number of nitrogens with zero attached hydrogens (tertiary/aromatic N) is 3. The molecule has 0 unspecified atom stereocenters. The van der Waals surface area contributed by atoms with E-state index in [-0.39, 0.29) is 5.89 Å². The third-order valence-corrected chi connectivity index (χ3v) is 4.30. The van der Waals surface area contributed by atoms with E-state index in [1.165, 1.54) is 0 Å². The van der Waals surface area contributed by atoms with Gasteiger partial charge in [-0.05, 0) is 55.3 Å². The van der Waals surface area contributed by atoms with Crippen LogP contribution in [0, 0.1) is 13.8 Å². The van der Waals surface area contributed by atoms with Crippen molar-refractivity contribution in [3.8, 4) is 17.4 Å². The zero-order valence-corrected chi connectivity index (χ0v) is 14.4. The van der Waals surface area contributed by atoms with E-state index in [4.69, 9.17) is 16.0 Å². The maximum Gasteiger partial charge on any atom is 0.347 e. The summed E-state index contributed by atoms with van der Waals surface area (Å²) < 4.78 is 7.24. The molecule has 0 fully saturated rings. The second-order valence-corrected chi connectivity index (χ2v) is 6.26. The molecule has 4 aromatic rings. The van der Waals surface area contributed by atoms with Gasteiger partial charge in [0.2, 0.25) is 5.89 Å². The van der Waals surface area contributed by atoms with Gasteiger partial charge in [0.1, 0.15) is 5.69 Å². The molecule has 3 aromatic heterocycles. The van der Waals surface area contributed by atoms with Gasteiger partial charge in [-0.2, -0.15) is 0 Å². The molecule has 1 aromatic carbocycles. The van der Waals surface area contributed by atoms with Crippen LogP contribution in [0.3, 0.4) is 0 Å². The lowest BCUT2D eigenvalue weighted by molar-refractivity contribution is 0.514. The van der Waals surface area contributed by atoms with Crippen molar-refractivity contribution in [2.75, 3.05) is 0 Å². The Bertz CT molecular complexity index is 1160. The molecule has 25 heavy (non-hydrogen) atoms. The van der Waals surface area contributed by atoms with Gasteiger partial charge in [-0.15, -0.1) is 0 Å². The molecule has 0 aliphatic rings. The first-order valence-corrected chi connectivity index (χ1v) is 8.13. The van der Waals surface area contributed by atoms with Crippen LogP contribution >= 0.6 is 11.6 Å². The van der Waals surface area contributed by atoms with Crippen LogP contribution in [0.25, 0.3) is 28.3 Å². The second-order valence-electron chi connectivity index (χ2n) is 5.86. The van der Waals surface area contributed by atoms with Crippen LogP contribution in [0.2, 0.25) is 5.02 Å². The van der Waals surface area contributed by atoms with Gasteiger partial charge < -0.3 is 4.42 Å². The molecule has 0 radical (unpaired) electrons. The van der Waals surface area contributed by atoms with E-state index in [1.807, 2.05) is 32.0 Å². The first-order valence-electron chi connectivity index (χ1n) is 7.75. The smallest absolute Gasteiger partial charge is 0.347 e. The highest BCUT2D eigenvalue weighted by atomic mass is 35.5. The van der Waals surface area contributed by atoms with Crippen LogP contribution < -0.4 is 5.63 Å². The van der Waals surface area contributed by atoms with Gasteiger partial charge in [0.25, 0.3) is 0 Å². The Balaban J connectivity index is 1.97. The highest BCUT2D eigenvalue weighted by Crippen LogP contribution is 2.26. The number of hydrogen-bond donors (Lipinski definition) is 0. The average molecular weight is 352 g/mol. The van der Waals surface area contributed by atoms with Crippen molar-refractivity contribution in [1.29, 1.82) is 0 Å². The fourth-order valence-electron chi connectivity index (χ4n) is 2.94. The zero-order chi connectivity index (χ0) is 17.6. The molecular formula is C19H14ClN3O2. The maximum atomic E-state index is 12.5. The molecule has 0 amide bonds. The van der Waals surface area contributed by atoms with Gasteiger partial charge in [0.15, 0.2) is 5.82 Å². The monoisotopic (exact) mass is 351 g/mol. The van der Waals surface area contributed by atoms with E-state index in [0.717, 1.165) is 11.1 Å². The van der Waals surface area contributed by atoms with Crippen molar-refractivity contribution in [3.63, 3.8) is 0 Å². The van der Waals surface area contributed by atoms with E-state index in [9.17, 15) is 4.79 Å². The third-order valence-electron chi connectivity index (χ3n) is 4.00. The van der Waals surface area contributed by atoms with Crippen molar-refractivity contribution >= 4 is 22.5 Å². The second kappa shape index (κ2) is 5.86. The fraction of sp³-hybridized carbons (Fsp3) is 0.105. The molecule has 0 saturated heterocycles. The Morgan fingerprint density at radius 3 is 2.80 bits per heavy atom. The summed E-state index contributed by atoms with van der Waals surface area (Å²) >= 11 is 6.25. The van der Waals surface area contributed by atoms with Crippen LogP contribution in [-0.2, 0) is 0 Å². The molecule has 6 heteroatoms. The van der Waals surface area contributed by atoms with Gasteiger partial charge >= 0.3 is 5.63 Å². The Morgan fingerprint density at radius 2 is 2.00 bits per heavy atom. The summed E-state index contributed by atoms with van der Waals surface area (Å²) in [6.07, 6.45) is 3.46. The van der Waals surface area contributed by atoms with E-state index in [2.05, 4.69) is 9.97 Å². The molecule has 0 bridgehead atoms. The molecule has 124 valence electrons. The Kier molecular flexibility index (Phi) is 3.66. The van der Waals surface area contributed by atoms with Crippen LogP contribution in [0.1, 0.15) is 11.1 Å². The first kappa shape index (κ1) is 15.6. The molecule has 0 atom stereocenters. The number of benzene rings is 1. The molecule has 3 heterocycles. The van der Waals surface area contributed by atoms with Gasteiger partial charge in [-0.1, -0.05) is 17.7 Å². The van der Waals surface area contributed by atoms with Gasteiger partial charge in [-0.3, -0.25) is 4.57 Å². The van der Waals surface area contributed by atoms with Crippen LogP contribution in [0.5, 0.6) is 0 Å². The van der Waals surface area contributed by atoms with Crippen molar-refractivity contribution < 1.29 is 4.42 Å². The molecule has 0 aliphatic heterocycles. The minimum absolute atomic E-state index is 0.233. The van der Waals surface area contributed by atoms with Crippen molar-refractivity contribution in [1.82, 2.24) is 14.5 Å². The average Bonchev–Trinajstić information content (AvgIpc) is 3.05. The Hall–Kier alpha value is -2.92. The normalized spacial score (nSPS) is 11.2. The lowest BCUT2D eigenvalue weighted by Gasteiger charge is -2.09. The van der Waals surface area contributed by atoms with Crippen molar-refractivity contribution in [2.24, 2.45) is 0 Å². The Morgan fingerprint density at radius 1 is 1.16 bits per heavy atom. The topological polar surface area (TPSA) is 60.9 Å². The third kappa shape index (κ3) is 2.62. The van der Waals surface area contributed by atoms with Crippen LogP contribution in [-0.4, -0.2) is 14.5 Å². The summed E-state index contributed by atoms with van der Waals surface area (Å²) in [5, 5.41) is 0.977. The van der Waals surface area contributed by atoms with E-state index >= 15 is 0 Å². The summed E-state index contributed by atoms with van der Waals surface area (Å²) in [5.74, 6) is 0.783. The summed E-state index contributed by atoms with van der Waals surface area (Å²) in [5.41, 5.74) is 2.76. The van der Waals surface area contributed by atoms with Gasteiger partial charge in [-0.25, -0.2) is 14.8 Å². The SMILES string of the molecule is Cc1cc(C)c2nc(-c3cccn3-c3ncccc3Cl)oc(=O)c2c1. The largest absolute Gasteiger partial charge is 0.401 e. The molecule has 0 saturated carbocycles. The number of pyridine rings is 1. The molecule has 0 spiro atoms. The van der Waals surface area contributed by atoms with E-state index < -0.39 is 5.63 Å². The lowest BCUT2D eigenvalue weighted by Crippen LogP contribution is -2.07. The highest BCUT2D eigenvalue weighted by molar-refractivity contribution is 6.32. The summed E-state index contributed by atoms with van der Waals surface area (Å²) in [6.45, 7) is 3.87. The predicted molar refractivity (Wildman–Crippen MR) is 97.3 cm³/mol. The zero-order valence-electron chi connectivity index (χ0n) is 13.7. The minimum atomic E-state index is -0.410. The number of aromatic nitrogens is 3. The van der Waals surface area contributed by atoms with Gasteiger partial charge in [0.05, 0.1) is 15.9 Å². The highest BCUT2D eigenvalue weighted by Gasteiger charge is 2.16. The number of halogens is 1. The number of rotatable bonds is 2. The quantitative estimate of drug-likeness (QED) is 0.540. The molecule has 0 N–H and O–H groups in total. The fourth-order valence-corrected chi connectivity index (χ4v) is 3.15. The molecule has 4 rings (SSSR count). The van der Waals surface area contributed by atoms with Crippen LogP contribution in [0.4, 0.5) is 0 Å². The predicted octanol–water partition coefficient (Wildman–Crippen LogP) is 4.31.